The average Bonchev–Trinajstić information content (AvgIpc) is 3.12. The summed E-state index contributed by atoms with van der Waals surface area (Å²) in [6.07, 6.45) is -0.380. The lowest BCUT2D eigenvalue weighted by Crippen LogP contribution is -2.39. The molecule has 2 aliphatic rings. The van der Waals surface area contributed by atoms with Crippen molar-refractivity contribution in [1.82, 2.24) is 24.7 Å². The monoisotopic (exact) mass is 450 g/mol. The van der Waals surface area contributed by atoms with Gasteiger partial charge in [-0.1, -0.05) is 0 Å². The van der Waals surface area contributed by atoms with Gasteiger partial charge in [0.2, 0.25) is 11.8 Å². The van der Waals surface area contributed by atoms with Crippen LogP contribution < -0.4 is 14.8 Å². The van der Waals surface area contributed by atoms with Crippen molar-refractivity contribution in [3.8, 4) is 11.9 Å². The Hall–Kier alpha value is -2.77. The van der Waals surface area contributed by atoms with E-state index in [2.05, 4.69) is 30.1 Å². The predicted molar refractivity (Wildman–Crippen MR) is 93.8 cm³/mol. The summed E-state index contributed by atoms with van der Waals surface area (Å²) in [7, 11) is 0. The zero-order chi connectivity index (χ0) is 22.0. The van der Waals surface area contributed by atoms with Crippen LogP contribution in [0.2, 0.25) is 0 Å². The van der Waals surface area contributed by atoms with Gasteiger partial charge in [-0.3, -0.25) is 0 Å². The fraction of sp³-hybridized carbons (Fsp3) is 0.647. The van der Waals surface area contributed by atoms with Crippen LogP contribution in [0.1, 0.15) is 37.3 Å². The molecule has 1 aliphatic heterocycles. The standard InChI is InChI=1S/C17H19F5N6O3/c18-14(19)31-16-24-8-28(27-16)10-3-1-2-9(4-10)25-15-23-5-12(17(20,21)22)13(26-15)30-11-6-29-7-11/h5,8-11,14H,1-4,6-7H2,(H,23,25,26)/t9-,10+/m0/s1. The molecule has 1 aliphatic carbocycles. The number of nitrogens with one attached hydrogen (secondary N) is 1. The molecule has 3 heterocycles. The number of alkyl halides is 5. The lowest BCUT2D eigenvalue weighted by atomic mass is 9.91. The van der Waals surface area contributed by atoms with E-state index in [1.165, 1.54) is 11.0 Å². The Balaban J connectivity index is 1.44. The summed E-state index contributed by atoms with van der Waals surface area (Å²) in [5.41, 5.74) is -1.05. The molecule has 0 aromatic carbocycles. The molecule has 31 heavy (non-hydrogen) atoms. The van der Waals surface area contributed by atoms with Crippen molar-refractivity contribution in [2.45, 2.75) is 56.7 Å². The molecule has 2 atom stereocenters. The third-order valence-corrected chi connectivity index (χ3v) is 4.98. The highest BCUT2D eigenvalue weighted by atomic mass is 19.4. The first-order chi connectivity index (χ1) is 14.8. The second-order valence-corrected chi connectivity index (χ2v) is 7.23. The van der Waals surface area contributed by atoms with Crippen molar-refractivity contribution in [3.63, 3.8) is 0 Å². The maximum atomic E-state index is 13.2. The van der Waals surface area contributed by atoms with Crippen molar-refractivity contribution in [1.29, 1.82) is 0 Å². The van der Waals surface area contributed by atoms with Gasteiger partial charge < -0.3 is 19.5 Å². The van der Waals surface area contributed by atoms with Gasteiger partial charge in [-0.05, 0) is 25.7 Å². The van der Waals surface area contributed by atoms with E-state index in [1.54, 1.807) is 0 Å². The molecule has 0 bridgehead atoms. The molecule has 0 amide bonds. The largest absolute Gasteiger partial charge is 0.469 e. The Bertz CT molecular complexity index is 891. The number of ether oxygens (including phenoxy) is 3. The molecule has 170 valence electrons. The first-order valence-corrected chi connectivity index (χ1v) is 9.59. The highest BCUT2D eigenvalue weighted by Gasteiger charge is 2.38. The van der Waals surface area contributed by atoms with Crippen LogP contribution in [-0.2, 0) is 10.9 Å². The van der Waals surface area contributed by atoms with Gasteiger partial charge in [-0.25, -0.2) is 9.67 Å². The van der Waals surface area contributed by atoms with E-state index in [1.807, 2.05) is 0 Å². The van der Waals surface area contributed by atoms with Gasteiger partial charge in [0.05, 0.1) is 19.3 Å². The number of aromatic nitrogens is 5. The van der Waals surface area contributed by atoms with Crippen molar-refractivity contribution < 1.29 is 36.2 Å². The average molecular weight is 450 g/mol. The van der Waals surface area contributed by atoms with Gasteiger partial charge in [0.1, 0.15) is 18.0 Å². The van der Waals surface area contributed by atoms with Crippen LogP contribution in [0.4, 0.5) is 27.9 Å². The minimum atomic E-state index is -4.65. The molecule has 4 rings (SSSR count). The number of rotatable bonds is 7. The van der Waals surface area contributed by atoms with E-state index in [-0.39, 0.29) is 31.2 Å². The van der Waals surface area contributed by atoms with E-state index in [0.717, 1.165) is 19.3 Å². The third kappa shape index (κ3) is 5.29. The molecule has 0 unspecified atom stereocenters. The van der Waals surface area contributed by atoms with Crippen LogP contribution in [0.15, 0.2) is 12.5 Å². The fourth-order valence-electron chi connectivity index (χ4n) is 3.45. The molecule has 0 radical (unpaired) electrons. The molecule has 2 fully saturated rings. The van der Waals surface area contributed by atoms with Crippen LogP contribution in [0.3, 0.4) is 0 Å². The van der Waals surface area contributed by atoms with Gasteiger partial charge in [-0.15, -0.1) is 5.10 Å². The van der Waals surface area contributed by atoms with Crippen molar-refractivity contribution in [2.75, 3.05) is 18.5 Å². The number of nitrogens with zero attached hydrogens (tertiary/aromatic N) is 5. The minimum absolute atomic E-state index is 0.00852. The quantitative estimate of drug-likeness (QED) is 0.643. The smallest absolute Gasteiger partial charge is 0.423 e. The maximum absolute atomic E-state index is 13.2. The zero-order valence-corrected chi connectivity index (χ0v) is 16.1. The molecule has 1 saturated carbocycles. The van der Waals surface area contributed by atoms with Gasteiger partial charge in [0, 0.05) is 12.2 Å². The second-order valence-electron chi connectivity index (χ2n) is 7.23. The van der Waals surface area contributed by atoms with Gasteiger partial charge >= 0.3 is 18.8 Å². The van der Waals surface area contributed by atoms with E-state index >= 15 is 0 Å². The minimum Gasteiger partial charge on any atom is -0.469 e. The Kier molecular flexibility index (Phi) is 6.07. The Morgan fingerprint density at radius 3 is 2.68 bits per heavy atom. The van der Waals surface area contributed by atoms with E-state index < -0.39 is 36.3 Å². The van der Waals surface area contributed by atoms with Gasteiger partial charge in [0.25, 0.3) is 0 Å². The topological polar surface area (TPSA) is 96.2 Å². The molecule has 1 N–H and O–H groups in total. The zero-order valence-electron chi connectivity index (χ0n) is 16.1. The Labute approximate surface area is 172 Å². The molecule has 2 aromatic rings. The summed E-state index contributed by atoms with van der Waals surface area (Å²) in [6.45, 7) is -2.62. The van der Waals surface area contributed by atoms with Gasteiger partial charge in [0.15, 0.2) is 0 Å². The number of halogens is 5. The Morgan fingerprint density at radius 1 is 1.19 bits per heavy atom. The van der Waals surface area contributed by atoms with Crippen LogP contribution in [0.5, 0.6) is 11.9 Å². The van der Waals surface area contributed by atoms with Crippen LogP contribution in [0.25, 0.3) is 0 Å². The molecular formula is C17H19F5N6O3. The van der Waals surface area contributed by atoms with E-state index in [9.17, 15) is 22.0 Å². The normalized spacial score (nSPS) is 22.3. The molecule has 14 heteroatoms. The predicted octanol–water partition coefficient (Wildman–Crippen LogP) is 3.06. The fourth-order valence-corrected chi connectivity index (χ4v) is 3.45. The summed E-state index contributed by atoms with van der Waals surface area (Å²) >= 11 is 0. The Morgan fingerprint density at radius 2 is 2.00 bits per heavy atom. The van der Waals surface area contributed by atoms with Crippen LogP contribution >= 0.6 is 0 Å². The van der Waals surface area contributed by atoms with Crippen molar-refractivity contribution in [2.24, 2.45) is 0 Å². The molecule has 1 saturated heterocycles. The first kappa shape index (κ1) is 21.5. The number of hydrogen-bond acceptors (Lipinski definition) is 8. The summed E-state index contributed by atoms with van der Waals surface area (Å²) in [6, 6.07) is -0.733. The number of hydrogen-bond donors (Lipinski definition) is 1. The molecular weight excluding hydrogens is 431 g/mol. The highest BCUT2D eigenvalue weighted by molar-refractivity contribution is 5.36. The third-order valence-electron chi connectivity index (χ3n) is 4.98. The van der Waals surface area contributed by atoms with Crippen LogP contribution in [-0.4, -0.2) is 56.7 Å². The van der Waals surface area contributed by atoms with Crippen molar-refractivity contribution >= 4 is 5.95 Å². The molecule has 2 aromatic heterocycles. The second kappa shape index (κ2) is 8.77. The number of anilines is 1. The highest BCUT2D eigenvalue weighted by Crippen LogP contribution is 2.36. The molecule has 0 spiro atoms. The van der Waals surface area contributed by atoms with E-state index in [4.69, 9.17) is 9.47 Å². The van der Waals surface area contributed by atoms with Crippen LogP contribution in [0, 0.1) is 0 Å². The summed E-state index contributed by atoms with van der Waals surface area (Å²) in [4.78, 5) is 11.4. The summed E-state index contributed by atoms with van der Waals surface area (Å²) in [5, 5.41) is 6.94. The lowest BCUT2D eigenvalue weighted by Gasteiger charge is -2.30. The first-order valence-electron chi connectivity index (χ1n) is 9.59. The SMILES string of the molecule is FC(F)Oc1ncn([C@@H]2CCC[C@H](Nc3ncc(C(F)(F)F)c(OC4COC4)n3)C2)n1. The van der Waals surface area contributed by atoms with Crippen molar-refractivity contribution in [3.05, 3.63) is 18.1 Å². The summed E-state index contributed by atoms with van der Waals surface area (Å²) < 4.78 is 80.2. The molecule has 9 nitrogen and oxygen atoms in total. The summed E-state index contributed by atoms with van der Waals surface area (Å²) in [5.74, 6) is -0.537. The van der Waals surface area contributed by atoms with Gasteiger partial charge in [-0.2, -0.15) is 31.9 Å². The maximum Gasteiger partial charge on any atom is 0.423 e. The lowest BCUT2D eigenvalue weighted by molar-refractivity contribution is -0.142. The van der Waals surface area contributed by atoms with E-state index in [0.29, 0.717) is 12.6 Å².